The Kier molecular flexibility index (Phi) is 5.80. The predicted molar refractivity (Wildman–Crippen MR) is 102 cm³/mol. The average molecular weight is 339 g/mol. The molecule has 0 fully saturated rings. The highest BCUT2D eigenvalue weighted by molar-refractivity contribution is 5.92. The Morgan fingerprint density at radius 3 is 2.16 bits per heavy atom. The Bertz CT molecular complexity index is 752. The number of anilines is 2. The molecule has 2 aromatic rings. The van der Waals surface area contributed by atoms with Gasteiger partial charge in [-0.2, -0.15) is 0 Å². The lowest BCUT2D eigenvalue weighted by molar-refractivity contribution is -0.114. The average Bonchev–Trinajstić information content (AvgIpc) is 2.53. The van der Waals surface area contributed by atoms with E-state index in [0.717, 1.165) is 0 Å². The molecule has 3 amide bonds. The first kappa shape index (κ1) is 18.5. The number of aryl methyl sites for hydroxylation is 1. The van der Waals surface area contributed by atoms with Gasteiger partial charge >= 0.3 is 6.03 Å². The minimum absolute atomic E-state index is 0.151. The van der Waals surface area contributed by atoms with Crippen LogP contribution in [-0.2, 0) is 10.2 Å². The van der Waals surface area contributed by atoms with E-state index in [0.29, 0.717) is 17.9 Å². The highest BCUT2D eigenvalue weighted by Gasteiger charge is 2.21. The summed E-state index contributed by atoms with van der Waals surface area (Å²) in [6, 6.07) is 15.1. The standard InChI is InChI=1S/C20H25N3O2/c1-14-8-10-16(11-9-14)20(3,4)13-21-19(25)23-18-7-5-6-17(12-18)22-15(2)24/h5-12H,13H2,1-4H3,(H,22,24)(H2,21,23,25). The fourth-order valence-electron chi connectivity index (χ4n) is 2.46. The quantitative estimate of drug-likeness (QED) is 0.769. The van der Waals surface area contributed by atoms with Crippen molar-refractivity contribution in [1.82, 2.24) is 5.32 Å². The van der Waals surface area contributed by atoms with Gasteiger partial charge in [-0.15, -0.1) is 0 Å². The van der Waals surface area contributed by atoms with Gasteiger partial charge in [0.2, 0.25) is 5.91 Å². The summed E-state index contributed by atoms with van der Waals surface area (Å²) in [4.78, 5) is 23.3. The lowest BCUT2D eigenvalue weighted by Gasteiger charge is -2.26. The molecule has 5 heteroatoms. The number of hydrogen-bond acceptors (Lipinski definition) is 2. The Labute approximate surface area is 148 Å². The van der Waals surface area contributed by atoms with Crippen LogP contribution >= 0.6 is 0 Å². The van der Waals surface area contributed by atoms with E-state index in [4.69, 9.17) is 0 Å². The fraction of sp³-hybridized carbons (Fsp3) is 0.300. The molecule has 0 atom stereocenters. The number of hydrogen-bond donors (Lipinski definition) is 3. The molecule has 0 aliphatic rings. The van der Waals surface area contributed by atoms with Crippen molar-refractivity contribution in [3.8, 4) is 0 Å². The monoisotopic (exact) mass is 339 g/mol. The number of benzene rings is 2. The molecule has 0 aromatic heterocycles. The van der Waals surface area contributed by atoms with Crippen LogP contribution in [0.4, 0.5) is 16.2 Å². The first-order valence-corrected chi connectivity index (χ1v) is 8.26. The minimum atomic E-state index is -0.278. The van der Waals surface area contributed by atoms with E-state index < -0.39 is 0 Å². The Morgan fingerprint density at radius 1 is 0.960 bits per heavy atom. The maximum atomic E-state index is 12.2. The van der Waals surface area contributed by atoms with Crippen molar-refractivity contribution in [3.63, 3.8) is 0 Å². The van der Waals surface area contributed by atoms with Gasteiger partial charge in [-0.1, -0.05) is 49.7 Å². The molecule has 0 aliphatic heterocycles. The molecule has 0 heterocycles. The summed E-state index contributed by atoms with van der Waals surface area (Å²) in [5, 5.41) is 8.38. The summed E-state index contributed by atoms with van der Waals surface area (Å²) < 4.78 is 0. The molecule has 0 unspecified atom stereocenters. The zero-order valence-electron chi connectivity index (χ0n) is 15.1. The lowest BCUT2D eigenvalue weighted by atomic mass is 9.84. The van der Waals surface area contributed by atoms with Crippen LogP contribution in [0.5, 0.6) is 0 Å². The summed E-state index contributed by atoms with van der Waals surface area (Å²) in [6.07, 6.45) is 0. The Morgan fingerprint density at radius 2 is 1.56 bits per heavy atom. The molecule has 0 bridgehead atoms. The summed E-state index contributed by atoms with van der Waals surface area (Å²) in [7, 11) is 0. The molecule has 0 aliphatic carbocycles. The molecule has 0 radical (unpaired) electrons. The van der Waals surface area contributed by atoms with Crippen LogP contribution in [0.2, 0.25) is 0 Å². The molecular weight excluding hydrogens is 314 g/mol. The summed E-state index contributed by atoms with van der Waals surface area (Å²) in [6.45, 7) is 8.19. The van der Waals surface area contributed by atoms with E-state index in [1.807, 2.05) is 0 Å². The van der Waals surface area contributed by atoms with Gasteiger partial charge in [0.15, 0.2) is 0 Å². The number of urea groups is 1. The number of amides is 3. The molecular formula is C20H25N3O2. The van der Waals surface area contributed by atoms with Crippen LogP contribution in [0, 0.1) is 6.92 Å². The molecule has 0 spiro atoms. The van der Waals surface area contributed by atoms with Crippen LogP contribution in [0.25, 0.3) is 0 Å². The third kappa shape index (κ3) is 5.64. The summed E-state index contributed by atoms with van der Waals surface area (Å²) >= 11 is 0. The number of nitrogens with one attached hydrogen (secondary N) is 3. The van der Waals surface area contributed by atoms with E-state index in [1.54, 1.807) is 24.3 Å². The second-order valence-electron chi connectivity index (χ2n) is 6.82. The second-order valence-corrected chi connectivity index (χ2v) is 6.82. The first-order valence-electron chi connectivity index (χ1n) is 8.26. The van der Waals surface area contributed by atoms with E-state index >= 15 is 0 Å². The Balaban J connectivity index is 1.94. The van der Waals surface area contributed by atoms with Crippen LogP contribution < -0.4 is 16.0 Å². The zero-order valence-corrected chi connectivity index (χ0v) is 15.1. The fourth-order valence-corrected chi connectivity index (χ4v) is 2.46. The Hall–Kier alpha value is -2.82. The second kappa shape index (κ2) is 7.83. The van der Waals surface area contributed by atoms with Gasteiger partial charge in [-0.25, -0.2) is 4.79 Å². The number of rotatable bonds is 5. The maximum Gasteiger partial charge on any atom is 0.319 e. The van der Waals surface area contributed by atoms with E-state index in [-0.39, 0.29) is 17.4 Å². The van der Waals surface area contributed by atoms with Crippen LogP contribution in [0.15, 0.2) is 48.5 Å². The van der Waals surface area contributed by atoms with Crippen molar-refractivity contribution in [2.75, 3.05) is 17.2 Å². The maximum absolute atomic E-state index is 12.2. The third-order valence-electron chi connectivity index (χ3n) is 3.96. The molecule has 25 heavy (non-hydrogen) atoms. The van der Waals surface area contributed by atoms with Crippen molar-refractivity contribution < 1.29 is 9.59 Å². The molecule has 5 nitrogen and oxygen atoms in total. The van der Waals surface area contributed by atoms with Gasteiger partial charge in [-0.3, -0.25) is 4.79 Å². The predicted octanol–water partition coefficient (Wildman–Crippen LogP) is 4.05. The van der Waals surface area contributed by atoms with Crippen molar-refractivity contribution in [3.05, 3.63) is 59.7 Å². The van der Waals surface area contributed by atoms with Gasteiger partial charge in [0.05, 0.1) is 0 Å². The SMILES string of the molecule is CC(=O)Nc1cccc(NC(=O)NCC(C)(C)c2ccc(C)cc2)c1. The highest BCUT2D eigenvalue weighted by atomic mass is 16.2. The molecule has 3 N–H and O–H groups in total. The third-order valence-corrected chi connectivity index (χ3v) is 3.96. The molecule has 2 aromatic carbocycles. The topological polar surface area (TPSA) is 70.2 Å². The summed E-state index contributed by atoms with van der Waals surface area (Å²) in [5.41, 5.74) is 3.47. The molecule has 2 rings (SSSR count). The van der Waals surface area contributed by atoms with Crippen LogP contribution in [0.1, 0.15) is 31.9 Å². The first-order chi connectivity index (χ1) is 11.8. The van der Waals surface area contributed by atoms with Crippen molar-refractivity contribution >= 4 is 23.3 Å². The van der Waals surface area contributed by atoms with Crippen LogP contribution in [0.3, 0.4) is 0 Å². The van der Waals surface area contributed by atoms with Crippen LogP contribution in [-0.4, -0.2) is 18.5 Å². The van der Waals surface area contributed by atoms with Gasteiger partial charge in [0, 0.05) is 30.3 Å². The van der Waals surface area contributed by atoms with Gasteiger partial charge in [0.25, 0.3) is 0 Å². The smallest absolute Gasteiger partial charge is 0.319 e. The molecule has 132 valence electrons. The number of carbonyl (C=O) groups is 2. The van der Waals surface area contributed by atoms with Gasteiger partial charge in [0.1, 0.15) is 0 Å². The molecule has 0 saturated carbocycles. The van der Waals surface area contributed by atoms with Crippen molar-refractivity contribution in [2.24, 2.45) is 0 Å². The van der Waals surface area contributed by atoms with Crippen molar-refractivity contribution in [2.45, 2.75) is 33.1 Å². The largest absolute Gasteiger partial charge is 0.337 e. The summed E-state index contributed by atoms with van der Waals surface area (Å²) in [5.74, 6) is -0.151. The number of carbonyl (C=O) groups excluding carboxylic acids is 2. The van der Waals surface area contributed by atoms with Gasteiger partial charge < -0.3 is 16.0 Å². The molecule has 0 saturated heterocycles. The zero-order chi connectivity index (χ0) is 18.4. The highest BCUT2D eigenvalue weighted by Crippen LogP contribution is 2.22. The van der Waals surface area contributed by atoms with E-state index in [1.165, 1.54) is 18.1 Å². The van der Waals surface area contributed by atoms with E-state index in [9.17, 15) is 9.59 Å². The normalized spacial score (nSPS) is 10.9. The minimum Gasteiger partial charge on any atom is -0.337 e. The lowest BCUT2D eigenvalue weighted by Crippen LogP contribution is -2.39. The van der Waals surface area contributed by atoms with Crippen molar-refractivity contribution in [1.29, 1.82) is 0 Å². The van der Waals surface area contributed by atoms with Gasteiger partial charge in [-0.05, 0) is 30.7 Å². The van der Waals surface area contributed by atoms with E-state index in [2.05, 4.69) is 61.0 Å².